The number of nitrogens with one attached hydrogen (secondary N) is 1. The molecule has 7 heteroatoms. The van der Waals surface area contributed by atoms with Gasteiger partial charge in [0, 0.05) is 34.0 Å². The van der Waals surface area contributed by atoms with Crippen molar-refractivity contribution in [1.29, 1.82) is 0 Å². The van der Waals surface area contributed by atoms with E-state index in [1.807, 2.05) is 31.2 Å². The highest BCUT2D eigenvalue weighted by atomic mass is 35.5. The van der Waals surface area contributed by atoms with Gasteiger partial charge in [0.05, 0.1) is 12.1 Å². The number of para-hydroxylation sites is 1. The number of hydrogen-bond donors (Lipinski definition) is 2. The van der Waals surface area contributed by atoms with Crippen molar-refractivity contribution >= 4 is 11.6 Å². The zero-order chi connectivity index (χ0) is 22.0. The van der Waals surface area contributed by atoms with Crippen LogP contribution in [0.15, 0.2) is 60.7 Å². The Bertz CT molecular complexity index is 1220. The maximum absolute atomic E-state index is 14.0. The minimum Gasteiger partial charge on any atom is -0.507 e. The van der Waals surface area contributed by atoms with Crippen molar-refractivity contribution in [3.63, 3.8) is 0 Å². The zero-order valence-electron chi connectivity index (χ0n) is 16.9. The van der Waals surface area contributed by atoms with Crippen molar-refractivity contribution in [3.8, 4) is 39.6 Å². The summed E-state index contributed by atoms with van der Waals surface area (Å²) >= 11 is 6.04. The number of phenols is 1. The molecule has 0 bridgehead atoms. The molecule has 0 aliphatic carbocycles. The molecule has 5 nitrogen and oxygen atoms in total. The number of H-pyrrole nitrogens is 1. The first kappa shape index (κ1) is 20.8. The van der Waals surface area contributed by atoms with Gasteiger partial charge in [-0.1, -0.05) is 35.9 Å². The Morgan fingerprint density at radius 2 is 1.87 bits per heavy atom. The van der Waals surface area contributed by atoms with Gasteiger partial charge in [0.1, 0.15) is 35.4 Å². The molecule has 4 aromatic rings. The highest BCUT2D eigenvalue weighted by Crippen LogP contribution is 2.41. The molecule has 2 N–H and O–H groups in total. The quantitative estimate of drug-likeness (QED) is 0.379. The molecule has 4 rings (SSSR count). The van der Waals surface area contributed by atoms with E-state index in [0.29, 0.717) is 22.8 Å². The molecule has 1 aromatic heterocycles. The Morgan fingerprint density at radius 1 is 1.06 bits per heavy atom. The normalized spacial score (nSPS) is 10.8. The van der Waals surface area contributed by atoms with E-state index in [2.05, 4.69) is 10.2 Å². The van der Waals surface area contributed by atoms with Crippen LogP contribution in [0.4, 0.5) is 4.39 Å². The Balaban J connectivity index is 1.66. The molecular weight excluding hydrogens is 419 g/mol. The number of hydrogen-bond acceptors (Lipinski definition) is 4. The molecule has 0 spiro atoms. The molecule has 0 aliphatic rings. The van der Waals surface area contributed by atoms with E-state index in [0.717, 1.165) is 16.8 Å². The number of aryl methyl sites for hydroxylation is 1. The molecule has 0 radical (unpaired) electrons. The van der Waals surface area contributed by atoms with Crippen LogP contribution < -0.4 is 9.47 Å². The summed E-state index contributed by atoms with van der Waals surface area (Å²) in [7, 11) is 1.61. The van der Waals surface area contributed by atoms with Crippen molar-refractivity contribution in [3.05, 3.63) is 82.8 Å². The number of halogens is 2. The first-order valence-corrected chi connectivity index (χ1v) is 9.94. The number of aromatic nitrogens is 2. The van der Waals surface area contributed by atoms with Crippen LogP contribution in [-0.4, -0.2) is 22.4 Å². The average molecular weight is 439 g/mol. The minimum absolute atomic E-state index is 0.0141. The van der Waals surface area contributed by atoms with E-state index >= 15 is 0 Å². The summed E-state index contributed by atoms with van der Waals surface area (Å²) in [4.78, 5) is 0. The Labute approximate surface area is 184 Å². The molecule has 3 aromatic carbocycles. The number of benzene rings is 3. The third-order valence-corrected chi connectivity index (χ3v) is 5.35. The topological polar surface area (TPSA) is 67.4 Å². The van der Waals surface area contributed by atoms with Gasteiger partial charge in [0.2, 0.25) is 0 Å². The first-order valence-electron chi connectivity index (χ1n) is 9.57. The van der Waals surface area contributed by atoms with E-state index in [1.54, 1.807) is 25.3 Å². The number of aromatic hydroxyl groups is 1. The number of phenolic OH excluding ortho intramolecular Hbond substituents is 1. The fourth-order valence-electron chi connectivity index (χ4n) is 3.43. The third kappa shape index (κ3) is 4.07. The van der Waals surface area contributed by atoms with Gasteiger partial charge in [-0.2, -0.15) is 5.10 Å². The number of aromatic amines is 1. The maximum atomic E-state index is 14.0. The van der Waals surface area contributed by atoms with Crippen LogP contribution in [0.5, 0.6) is 17.2 Å². The second-order valence-electron chi connectivity index (χ2n) is 6.94. The monoisotopic (exact) mass is 438 g/mol. The van der Waals surface area contributed by atoms with Crippen molar-refractivity contribution < 1.29 is 19.0 Å². The highest BCUT2D eigenvalue weighted by Gasteiger charge is 2.20. The van der Waals surface area contributed by atoms with E-state index in [9.17, 15) is 9.50 Å². The molecule has 158 valence electrons. The number of methoxy groups -OCH3 is 1. The molecule has 0 saturated carbocycles. The molecule has 0 atom stereocenters. The van der Waals surface area contributed by atoms with Crippen LogP contribution in [0.2, 0.25) is 5.02 Å². The molecule has 31 heavy (non-hydrogen) atoms. The fraction of sp³-hybridized carbons (Fsp3) is 0.125. The van der Waals surface area contributed by atoms with Crippen molar-refractivity contribution in [2.24, 2.45) is 0 Å². The van der Waals surface area contributed by atoms with Crippen LogP contribution in [0, 0.1) is 12.7 Å². The number of ether oxygens (including phenoxy) is 2. The number of rotatable bonds is 6. The van der Waals surface area contributed by atoms with E-state index in [4.69, 9.17) is 21.1 Å². The molecule has 0 saturated heterocycles. The smallest absolute Gasteiger partial charge is 0.131 e. The van der Waals surface area contributed by atoms with Crippen molar-refractivity contribution in [2.45, 2.75) is 13.5 Å². The zero-order valence-corrected chi connectivity index (χ0v) is 17.7. The highest BCUT2D eigenvalue weighted by molar-refractivity contribution is 6.31. The van der Waals surface area contributed by atoms with Crippen LogP contribution in [0.3, 0.4) is 0 Å². The third-order valence-electron chi connectivity index (χ3n) is 4.99. The van der Waals surface area contributed by atoms with Gasteiger partial charge < -0.3 is 14.6 Å². The summed E-state index contributed by atoms with van der Waals surface area (Å²) in [5.74, 6) is 0.627. The lowest BCUT2D eigenvalue weighted by Crippen LogP contribution is -1.99. The molecule has 0 unspecified atom stereocenters. The van der Waals surface area contributed by atoms with Crippen LogP contribution in [0.25, 0.3) is 22.4 Å². The van der Waals surface area contributed by atoms with Gasteiger partial charge in [-0.05, 0) is 37.3 Å². The summed E-state index contributed by atoms with van der Waals surface area (Å²) in [6, 6.07) is 17.0. The Hall–Kier alpha value is -3.51. The lowest BCUT2D eigenvalue weighted by molar-refractivity contribution is 0.298. The van der Waals surface area contributed by atoms with Gasteiger partial charge in [-0.25, -0.2) is 4.39 Å². The maximum Gasteiger partial charge on any atom is 0.131 e. The second kappa shape index (κ2) is 8.70. The summed E-state index contributed by atoms with van der Waals surface area (Å²) in [5, 5.41) is 18.4. The second-order valence-corrected chi connectivity index (χ2v) is 7.35. The summed E-state index contributed by atoms with van der Waals surface area (Å²) in [6.45, 7) is 1.85. The molecular formula is C24H20ClFN2O3. The van der Waals surface area contributed by atoms with E-state index < -0.39 is 5.82 Å². The largest absolute Gasteiger partial charge is 0.507 e. The van der Waals surface area contributed by atoms with Crippen LogP contribution >= 0.6 is 11.6 Å². The fourth-order valence-corrected chi connectivity index (χ4v) is 3.65. The van der Waals surface area contributed by atoms with E-state index in [-0.39, 0.29) is 22.9 Å². The van der Waals surface area contributed by atoms with Crippen LogP contribution in [0.1, 0.15) is 11.3 Å². The average Bonchev–Trinajstić information content (AvgIpc) is 3.14. The molecule has 0 aliphatic heterocycles. The molecule has 0 amide bonds. The number of nitrogens with zero attached hydrogens (tertiary/aromatic N) is 1. The van der Waals surface area contributed by atoms with Crippen molar-refractivity contribution in [2.75, 3.05) is 7.11 Å². The standard InChI is InChI=1S/C24H20ClFN2O3/c1-14-23(17-6-3-4-9-22(17)30-2)24(28-27-14)16-11-10-15(12-21(16)29)31-13-18-19(25)7-5-8-20(18)26/h3-12,29H,13H2,1-2H3,(H,27,28). The van der Waals surface area contributed by atoms with Crippen LogP contribution in [-0.2, 0) is 6.61 Å². The molecule has 1 heterocycles. The van der Waals surface area contributed by atoms with E-state index in [1.165, 1.54) is 18.2 Å². The summed E-state index contributed by atoms with van der Waals surface area (Å²) < 4.78 is 25.1. The summed E-state index contributed by atoms with van der Waals surface area (Å²) in [5.41, 5.74) is 3.91. The Kier molecular flexibility index (Phi) is 5.82. The summed E-state index contributed by atoms with van der Waals surface area (Å²) in [6.07, 6.45) is 0. The lowest BCUT2D eigenvalue weighted by atomic mass is 9.98. The predicted molar refractivity (Wildman–Crippen MR) is 118 cm³/mol. The lowest BCUT2D eigenvalue weighted by Gasteiger charge is -2.12. The van der Waals surface area contributed by atoms with Gasteiger partial charge in [-0.3, -0.25) is 5.10 Å². The predicted octanol–water partition coefficient (Wildman–Crippen LogP) is 6.14. The van der Waals surface area contributed by atoms with Gasteiger partial charge in [0.25, 0.3) is 0 Å². The minimum atomic E-state index is -0.443. The Morgan fingerprint density at radius 3 is 2.61 bits per heavy atom. The first-order chi connectivity index (χ1) is 15.0. The SMILES string of the molecule is COc1ccccc1-c1c(-c2ccc(OCc3c(F)cccc3Cl)cc2O)n[nH]c1C. The van der Waals surface area contributed by atoms with Gasteiger partial charge >= 0.3 is 0 Å². The van der Waals surface area contributed by atoms with Crippen molar-refractivity contribution in [1.82, 2.24) is 10.2 Å². The molecule has 0 fully saturated rings. The van der Waals surface area contributed by atoms with Gasteiger partial charge in [0.15, 0.2) is 0 Å². The van der Waals surface area contributed by atoms with Gasteiger partial charge in [-0.15, -0.1) is 0 Å².